The first kappa shape index (κ1) is 24.5. The molecule has 0 spiro atoms. The van der Waals surface area contributed by atoms with Crippen LogP contribution in [0.5, 0.6) is 23.0 Å². The fourth-order valence-electron chi connectivity index (χ4n) is 4.30. The van der Waals surface area contributed by atoms with Crippen LogP contribution in [0.3, 0.4) is 0 Å². The SMILES string of the molecule is COc1cc(C2C(C#N)=C(N)Oc3cc(OC(=O)c4ccccc4)ccc32)ccc1OCc1ccccc1. The number of allylic oxidation sites excluding steroid dienone is 1. The molecule has 0 amide bonds. The van der Waals surface area contributed by atoms with Gasteiger partial charge in [-0.25, -0.2) is 4.79 Å². The van der Waals surface area contributed by atoms with Crippen molar-refractivity contribution in [1.29, 1.82) is 5.26 Å². The predicted molar refractivity (Wildman–Crippen MR) is 141 cm³/mol. The Morgan fingerprint density at radius 2 is 1.68 bits per heavy atom. The number of carbonyl (C=O) groups excluding carboxylic acids is 1. The van der Waals surface area contributed by atoms with E-state index >= 15 is 0 Å². The number of ether oxygens (including phenoxy) is 4. The summed E-state index contributed by atoms with van der Waals surface area (Å²) in [6.45, 7) is 0.386. The van der Waals surface area contributed by atoms with Crippen molar-refractivity contribution in [3.8, 4) is 29.1 Å². The highest BCUT2D eigenvalue weighted by atomic mass is 16.5. The van der Waals surface area contributed by atoms with Crippen molar-refractivity contribution < 1.29 is 23.7 Å². The monoisotopic (exact) mass is 504 g/mol. The molecule has 5 rings (SSSR count). The second-order valence-electron chi connectivity index (χ2n) is 8.56. The third kappa shape index (κ3) is 5.01. The zero-order chi connectivity index (χ0) is 26.5. The van der Waals surface area contributed by atoms with Gasteiger partial charge < -0.3 is 24.7 Å². The van der Waals surface area contributed by atoms with E-state index in [0.29, 0.717) is 40.7 Å². The topological polar surface area (TPSA) is 104 Å². The highest BCUT2D eigenvalue weighted by Gasteiger charge is 2.32. The molecule has 1 atom stereocenters. The van der Waals surface area contributed by atoms with E-state index in [1.165, 1.54) is 0 Å². The van der Waals surface area contributed by atoms with Gasteiger partial charge in [0.1, 0.15) is 29.7 Å². The van der Waals surface area contributed by atoms with E-state index in [1.807, 2.05) is 54.6 Å². The van der Waals surface area contributed by atoms with Crippen LogP contribution in [-0.4, -0.2) is 13.1 Å². The van der Waals surface area contributed by atoms with Gasteiger partial charge in [-0.15, -0.1) is 0 Å². The number of fused-ring (bicyclic) bond motifs is 1. The zero-order valence-corrected chi connectivity index (χ0v) is 20.6. The van der Waals surface area contributed by atoms with Crippen molar-refractivity contribution in [1.82, 2.24) is 0 Å². The number of nitrogens with zero attached hydrogens (tertiary/aromatic N) is 1. The lowest BCUT2D eigenvalue weighted by atomic mass is 9.83. The Balaban J connectivity index is 1.44. The van der Waals surface area contributed by atoms with Gasteiger partial charge in [-0.05, 0) is 41.5 Å². The summed E-state index contributed by atoms with van der Waals surface area (Å²) < 4.78 is 22.9. The number of nitrogens with two attached hydrogens (primary N) is 1. The molecular weight excluding hydrogens is 480 g/mol. The van der Waals surface area contributed by atoms with E-state index in [4.69, 9.17) is 24.7 Å². The Kier molecular flexibility index (Phi) is 6.96. The molecule has 2 N–H and O–H groups in total. The minimum absolute atomic E-state index is 0.0140. The van der Waals surface area contributed by atoms with Crippen LogP contribution in [0.1, 0.15) is 33.0 Å². The summed E-state index contributed by atoms with van der Waals surface area (Å²) in [7, 11) is 1.56. The number of rotatable bonds is 7. The molecule has 0 saturated heterocycles. The maximum atomic E-state index is 12.5. The Hall–Kier alpha value is -5.22. The van der Waals surface area contributed by atoms with Crippen LogP contribution in [0.15, 0.2) is 109 Å². The number of methoxy groups -OCH3 is 1. The summed E-state index contributed by atoms with van der Waals surface area (Å²) in [5, 5.41) is 9.92. The Bertz CT molecular complexity index is 1540. The van der Waals surface area contributed by atoms with Gasteiger partial charge >= 0.3 is 5.97 Å². The van der Waals surface area contributed by atoms with E-state index in [-0.39, 0.29) is 11.5 Å². The van der Waals surface area contributed by atoms with Crippen LogP contribution in [0, 0.1) is 11.3 Å². The fraction of sp³-hybridized carbons (Fsp3) is 0.0968. The quantitative estimate of drug-likeness (QED) is 0.254. The number of hydrogen-bond donors (Lipinski definition) is 1. The average molecular weight is 505 g/mol. The van der Waals surface area contributed by atoms with Crippen molar-refractivity contribution in [2.45, 2.75) is 12.5 Å². The van der Waals surface area contributed by atoms with Gasteiger partial charge in [-0.1, -0.05) is 60.7 Å². The van der Waals surface area contributed by atoms with E-state index in [1.54, 1.807) is 49.6 Å². The molecule has 7 nitrogen and oxygen atoms in total. The molecule has 0 aliphatic carbocycles. The molecule has 38 heavy (non-hydrogen) atoms. The minimum Gasteiger partial charge on any atom is -0.493 e. The van der Waals surface area contributed by atoms with Crippen LogP contribution in [-0.2, 0) is 6.61 Å². The molecule has 0 aromatic heterocycles. The largest absolute Gasteiger partial charge is 0.493 e. The van der Waals surface area contributed by atoms with Crippen molar-refractivity contribution in [2.24, 2.45) is 5.73 Å². The second kappa shape index (κ2) is 10.8. The van der Waals surface area contributed by atoms with Gasteiger partial charge in [0.25, 0.3) is 0 Å². The molecule has 4 aromatic rings. The molecule has 1 heterocycles. The van der Waals surface area contributed by atoms with Gasteiger partial charge in [0.2, 0.25) is 5.88 Å². The normalized spacial score (nSPS) is 14.1. The standard InChI is InChI=1S/C31H24N2O5/c1-35-28-16-22(12-15-26(28)36-19-20-8-4-2-5-9-20)29-24-14-13-23(17-27(24)38-30(33)25(29)18-32)37-31(34)21-10-6-3-7-11-21/h2-17,29H,19,33H2,1H3. The third-order valence-electron chi connectivity index (χ3n) is 6.17. The number of carbonyl (C=O) groups is 1. The average Bonchev–Trinajstić information content (AvgIpc) is 2.96. The summed E-state index contributed by atoms with van der Waals surface area (Å²) in [6, 6.07) is 31.2. The number of hydrogen-bond acceptors (Lipinski definition) is 7. The Morgan fingerprint density at radius 1 is 0.947 bits per heavy atom. The summed E-state index contributed by atoms with van der Waals surface area (Å²) in [5.74, 6) is 0.774. The van der Waals surface area contributed by atoms with Gasteiger partial charge in [-0.3, -0.25) is 0 Å². The summed E-state index contributed by atoms with van der Waals surface area (Å²) in [5.41, 5.74) is 9.36. The molecular formula is C31H24N2O5. The predicted octanol–water partition coefficient (Wildman–Crippen LogP) is 5.71. The molecule has 188 valence electrons. The first-order valence-electron chi connectivity index (χ1n) is 11.9. The highest BCUT2D eigenvalue weighted by molar-refractivity contribution is 5.91. The molecule has 0 bridgehead atoms. The Morgan fingerprint density at radius 3 is 2.39 bits per heavy atom. The van der Waals surface area contributed by atoms with Crippen LogP contribution in [0.2, 0.25) is 0 Å². The minimum atomic E-state index is -0.514. The lowest BCUT2D eigenvalue weighted by molar-refractivity contribution is 0.0734. The van der Waals surface area contributed by atoms with Crippen molar-refractivity contribution in [3.63, 3.8) is 0 Å². The van der Waals surface area contributed by atoms with Gasteiger partial charge in [-0.2, -0.15) is 5.26 Å². The van der Waals surface area contributed by atoms with Crippen LogP contribution in [0.4, 0.5) is 0 Å². The van der Waals surface area contributed by atoms with Crippen LogP contribution in [0.25, 0.3) is 0 Å². The number of benzene rings is 4. The summed E-state index contributed by atoms with van der Waals surface area (Å²) in [6.07, 6.45) is 0. The van der Waals surface area contributed by atoms with Crippen molar-refractivity contribution >= 4 is 5.97 Å². The smallest absolute Gasteiger partial charge is 0.343 e. The first-order chi connectivity index (χ1) is 18.6. The van der Waals surface area contributed by atoms with Crippen LogP contribution >= 0.6 is 0 Å². The van der Waals surface area contributed by atoms with Crippen LogP contribution < -0.4 is 24.7 Å². The molecule has 1 aliphatic rings. The van der Waals surface area contributed by atoms with Crippen molar-refractivity contribution in [2.75, 3.05) is 7.11 Å². The lowest BCUT2D eigenvalue weighted by Crippen LogP contribution is -2.21. The van der Waals surface area contributed by atoms with Gasteiger partial charge in [0, 0.05) is 11.6 Å². The maximum absolute atomic E-state index is 12.5. The zero-order valence-electron chi connectivity index (χ0n) is 20.6. The van der Waals surface area contributed by atoms with Crippen molar-refractivity contribution in [3.05, 3.63) is 131 Å². The molecule has 0 radical (unpaired) electrons. The van der Waals surface area contributed by atoms with E-state index in [9.17, 15) is 10.1 Å². The molecule has 1 aliphatic heterocycles. The maximum Gasteiger partial charge on any atom is 0.343 e. The first-order valence-corrected chi connectivity index (χ1v) is 11.9. The number of nitriles is 1. The van der Waals surface area contributed by atoms with E-state index in [0.717, 1.165) is 11.1 Å². The fourth-order valence-corrected chi connectivity index (χ4v) is 4.30. The van der Waals surface area contributed by atoms with Gasteiger partial charge in [0.05, 0.1) is 18.6 Å². The van der Waals surface area contributed by atoms with E-state index < -0.39 is 11.9 Å². The molecule has 7 heteroatoms. The molecule has 0 saturated carbocycles. The molecule has 0 fully saturated rings. The summed E-state index contributed by atoms with van der Waals surface area (Å²) in [4.78, 5) is 12.5. The second-order valence-corrected chi connectivity index (χ2v) is 8.56. The number of esters is 1. The Labute approximate surface area is 220 Å². The summed E-state index contributed by atoms with van der Waals surface area (Å²) >= 11 is 0. The molecule has 4 aromatic carbocycles. The molecule has 1 unspecified atom stereocenters. The highest BCUT2D eigenvalue weighted by Crippen LogP contribution is 2.45. The third-order valence-corrected chi connectivity index (χ3v) is 6.17. The lowest BCUT2D eigenvalue weighted by Gasteiger charge is -2.27. The van der Waals surface area contributed by atoms with Gasteiger partial charge in [0.15, 0.2) is 11.5 Å². The van der Waals surface area contributed by atoms with E-state index in [2.05, 4.69) is 6.07 Å².